The summed E-state index contributed by atoms with van der Waals surface area (Å²) in [5.74, 6) is 1.71. The van der Waals surface area contributed by atoms with Crippen LogP contribution in [0, 0.1) is 64.1 Å². The Balaban J connectivity index is 1.69. The molecule has 0 aromatic carbocycles. The van der Waals surface area contributed by atoms with Gasteiger partial charge in [0.05, 0.1) is 6.10 Å². The molecular weight excluding hydrogens is 649 g/mol. The van der Waals surface area contributed by atoms with Crippen molar-refractivity contribution < 1.29 is 51.5 Å². The highest BCUT2D eigenvalue weighted by atomic mass is 32.3. The van der Waals surface area contributed by atoms with Crippen molar-refractivity contribution in [2.75, 3.05) is 0 Å². The van der Waals surface area contributed by atoms with E-state index in [-0.39, 0.29) is 36.0 Å². The third-order valence-electron chi connectivity index (χ3n) is 12.2. The predicted octanol–water partition coefficient (Wildman–Crippen LogP) is 5.55. The van der Waals surface area contributed by atoms with Gasteiger partial charge in [0, 0.05) is 0 Å². The van der Waals surface area contributed by atoms with Crippen molar-refractivity contribution >= 4 is 31.2 Å². The fraction of sp³-hybridized carbons (Fsp3) is 0.933. The second kappa shape index (κ2) is 13.0. The first-order valence-electron chi connectivity index (χ1n) is 16.1. The lowest BCUT2D eigenvalue weighted by atomic mass is 9.43. The topological polar surface area (TPSA) is 191 Å². The predicted molar refractivity (Wildman–Crippen MR) is 167 cm³/mol. The molecule has 0 heterocycles. The van der Waals surface area contributed by atoms with Crippen LogP contribution in [-0.4, -0.2) is 57.2 Å². The molecule has 0 saturated heterocycles. The molecule has 4 saturated carbocycles. The van der Waals surface area contributed by atoms with Gasteiger partial charge in [0.15, 0.2) is 0 Å². The van der Waals surface area contributed by atoms with Crippen molar-refractivity contribution in [3.63, 3.8) is 0 Å². The first kappa shape index (κ1) is 37.2. The highest BCUT2D eigenvalue weighted by molar-refractivity contribution is 7.81. The fourth-order valence-corrected chi connectivity index (χ4v) is 12.1. The molecule has 4 aliphatic rings. The molecule has 15 heteroatoms. The lowest BCUT2D eigenvalue weighted by Gasteiger charge is -2.63. The Kier molecular flexibility index (Phi) is 10.7. The Labute approximate surface area is 269 Å². The van der Waals surface area contributed by atoms with Crippen molar-refractivity contribution in [1.29, 1.82) is 0 Å². The SMILES string of the molecule is CC(C)C(/C=C/C(C)[C@H]1CCC2C3C[C@H](OS(=O)(=O)O)C4C[C@H](OS(=O)(=O)O)[C@@H](OS(=O)(=O)O)C[C@]4(C)C3CC[C@@]21C)C(C)C. The van der Waals surface area contributed by atoms with Crippen molar-refractivity contribution in [2.45, 2.75) is 112 Å². The summed E-state index contributed by atoms with van der Waals surface area (Å²) >= 11 is 0. The Morgan fingerprint density at radius 1 is 0.644 bits per heavy atom. The molecule has 0 amide bonds. The summed E-state index contributed by atoms with van der Waals surface area (Å²) in [6.45, 7) is 15.4. The normalized spacial score (nSPS) is 40.1. The molecule has 0 radical (unpaired) electrons. The van der Waals surface area contributed by atoms with Crippen LogP contribution in [-0.2, 0) is 43.7 Å². The van der Waals surface area contributed by atoms with Crippen LogP contribution in [0.5, 0.6) is 0 Å². The molecule has 0 aliphatic heterocycles. The van der Waals surface area contributed by atoms with Gasteiger partial charge in [-0.1, -0.05) is 60.6 Å². The van der Waals surface area contributed by atoms with E-state index in [2.05, 4.69) is 53.7 Å². The van der Waals surface area contributed by atoms with Crippen LogP contribution in [0.2, 0.25) is 0 Å². The van der Waals surface area contributed by atoms with Gasteiger partial charge in [0.1, 0.15) is 12.2 Å². The van der Waals surface area contributed by atoms with E-state index >= 15 is 0 Å². The third-order valence-corrected chi connectivity index (χ3v) is 13.7. The minimum Gasteiger partial charge on any atom is -0.264 e. The van der Waals surface area contributed by atoms with Crippen LogP contribution in [0.25, 0.3) is 0 Å². The van der Waals surface area contributed by atoms with Crippen molar-refractivity contribution in [3.8, 4) is 0 Å². The number of allylic oxidation sites excluding steroid dienone is 2. The molecule has 5 unspecified atom stereocenters. The molecule has 0 bridgehead atoms. The summed E-state index contributed by atoms with van der Waals surface area (Å²) in [6, 6.07) is 0. The lowest BCUT2D eigenvalue weighted by Crippen LogP contribution is -2.62. The van der Waals surface area contributed by atoms with Gasteiger partial charge < -0.3 is 0 Å². The molecule has 4 aliphatic carbocycles. The molecule has 11 atom stereocenters. The van der Waals surface area contributed by atoms with E-state index in [4.69, 9.17) is 12.5 Å². The van der Waals surface area contributed by atoms with Gasteiger partial charge in [0.25, 0.3) is 0 Å². The molecule has 4 rings (SSSR count). The van der Waals surface area contributed by atoms with Gasteiger partial charge in [-0.25, -0.2) is 12.5 Å². The van der Waals surface area contributed by atoms with Crippen LogP contribution < -0.4 is 0 Å². The summed E-state index contributed by atoms with van der Waals surface area (Å²) in [5, 5.41) is 0. The molecule has 0 spiro atoms. The Morgan fingerprint density at radius 2 is 1.16 bits per heavy atom. The molecule has 0 aromatic heterocycles. The number of hydrogen-bond acceptors (Lipinski definition) is 9. The first-order chi connectivity index (χ1) is 20.4. The van der Waals surface area contributed by atoms with Gasteiger partial charge in [-0.3, -0.25) is 13.7 Å². The number of rotatable bonds is 11. The van der Waals surface area contributed by atoms with E-state index < -0.39 is 60.8 Å². The molecule has 262 valence electrons. The van der Waals surface area contributed by atoms with Gasteiger partial charge in [0.2, 0.25) is 0 Å². The molecule has 4 fully saturated rings. The standard InChI is InChI=1S/C30H52O12S3/c1-17(2)20(18(3)4)9-8-19(5)22-10-11-23-21-14-26(40-43(31,32)33)25-15-27(41-44(34,35)36)28(42-45(37,38)39)16-30(25,7)24(21)12-13-29(22,23)6/h8-9,17-28H,10-16H2,1-7H3,(H,31,32,33)(H,34,35,36)(H,37,38,39)/b9-8+/t19?,21?,22-,23?,24?,25?,26+,27+,28+,29-,30-/m1/s1. The fourth-order valence-electron chi connectivity index (χ4n) is 10.6. The van der Waals surface area contributed by atoms with Crippen LogP contribution >= 0.6 is 0 Å². The third kappa shape index (κ3) is 8.15. The maximum atomic E-state index is 12.1. The molecule has 12 nitrogen and oxygen atoms in total. The van der Waals surface area contributed by atoms with E-state index in [1.165, 1.54) is 0 Å². The summed E-state index contributed by atoms with van der Waals surface area (Å²) in [4.78, 5) is 0. The maximum absolute atomic E-state index is 12.1. The Hall–Kier alpha value is -0.650. The van der Waals surface area contributed by atoms with E-state index in [0.717, 1.165) is 25.7 Å². The molecular formula is C30H52O12S3. The number of hydrogen-bond donors (Lipinski definition) is 3. The summed E-state index contributed by atoms with van der Waals surface area (Å²) in [7, 11) is -15.0. The number of fused-ring (bicyclic) bond motifs is 5. The summed E-state index contributed by atoms with van der Waals surface area (Å²) in [5.41, 5.74) is -0.878. The molecule has 45 heavy (non-hydrogen) atoms. The van der Waals surface area contributed by atoms with Crippen LogP contribution in [0.4, 0.5) is 0 Å². The second-order valence-corrected chi connectivity index (χ2v) is 18.5. The van der Waals surface area contributed by atoms with Gasteiger partial charge in [-0.15, -0.1) is 0 Å². The Morgan fingerprint density at radius 3 is 1.69 bits per heavy atom. The van der Waals surface area contributed by atoms with E-state index in [1.54, 1.807) is 0 Å². The zero-order valence-corrected chi connectivity index (χ0v) is 29.7. The van der Waals surface area contributed by atoms with Gasteiger partial charge in [-0.05, 0) is 109 Å². The minimum absolute atomic E-state index is 0.0255. The molecule has 0 aromatic rings. The van der Waals surface area contributed by atoms with Gasteiger partial charge >= 0.3 is 31.2 Å². The quantitative estimate of drug-likeness (QED) is 0.180. The first-order valence-corrected chi connectivity index (χ1v) is 20.2. The van der Waals surface area contributed by atoms with E-state index in [9.17, 15) is 38.9 Å². The van der Waals surface area contributed by atoms with E-state index in [0.29, 0.717) is 36.0 Å². The largest absolute Gasteiger partial charge is 0.397 e. The average Bonchev–Trinajstić information content (AvgIpc) is 3.19. The van der Waals surface area contributed by atoms with Crippen LogP contribution in [0.1, 0.15) is 93.4 Å². The highest BCUT2D eigenvalue weighted by Crippen LogP contribution is 2.69. The van der Waals surface area contributed by atoms with Crippen molar-refractivity contribution in [3.05, 3.63) is 12.2 Å². The maximum Gasteiger partial charge on any atom is 0.397 e. The second-order valence-electron chi connectivity index (χ2n) is 15.4. The minimum atomic E-state index is -5.07. The van der Waals surface area contributed by atoms with Crippen LogP contribution in [0.15, 0.2) is 12.2 Å². The van der Waals surface area contributed by atoms with Crippen molar-refractivity contribution in [1.82, 2.24) is 0 Å². The zero-order valence-electron chi connectivity index (χ0n) is 27.3. The van der Waals surface area contributed by atoms with Crippen molar-refractivity contribution in [2.24, 2.45) is 64.1 Å². The zero-order chi connectivity index (χ0) is 33.9. The van der Waals surface area contributed by atoms with Gasteiger partial charge in [-0.2, -0.15) is 25.3 Å². The Bertz CT molecular complexity index is 1420. The molecule has 3 N–H and O–H groups in total. The van der Waals surface area contributed by atoms with E-state index in [1.807, 2.05) is 6.92 Å². The average molecular weight is 701 g/mol. The summed E-state index contributed by atoms with van der Waals surface area (Å²) in [6.07, 6.45) is 4.19. The smallest absolute Gasteiger partial charge is 0.264 e. The van der Waals surface area contributed by atoms with Crippen LogP contribution in [0.3, 0.4) is 0 Å². The summed E-state index contributed by atoms with van der Waals surface area (Å²) < 4.78 is 115. The highest BCUT2D eigenvalue weighted by Gasteiger charge is 2.65. The lowest BCUT2D eigenvalue weighted by molar-refractivity contribution is -0.183. The monoisotopic (exact) mass is 700 g/mol.